The molecule has 1 aliphatic heterocycles. The zero-order valence-electron chi connectivity index (χ0n) is 14.8. The average Bonchev–Trinajstić information content (AvgIpc) is 3.09. The molecular weight excluding hydrogens is 355 g/mol. The van der Waals surface area contributed by atoms with E-state index in [0.717, 1.165) is 30.7 Å². The van der Waals surface area contributed by atoms with Crippen molar-refractivity contribution < 1.29 is 18.0 Å². The first-order chi connectivity index (χ1) is 12.9. The van der Waals surface area contributed by atoms with E-state index in [9.17, 15) is 18.0 Å². The number of likely N-dealkylation sites (tertiary alicyclic amines) is 1. The first kappa shape index (κ1) is 19.4. The van der Waals surface area contributed by atoms with E-state index >= 15 is 0 Å². The van der Waals surface area contributed by atoms with Crippen molar-refractivity contribution in [3.63, 3.8) is 0 Å². The van der Waals surface area contributed by atoms with Crippen LogP contribution in [0.15, 0.2) is 48.5 Å². The first-order valence-corrected chi connectivity index (χ1v) is 8.87. The summed E-state index contributed by atoms with van der Waals surface area (Å²) in [6, 6.07) is 12.9. The Morgan fingerprint density at radius 1 is 1.15 bits per heavy atom. The van der Waals surface area contributed by atoms with Gasteiger partial charge in [0.1, 0.15) is 0 Å². The van der Waals surface area contributed by atoms with Crippen LogP contribution in [0.5, 0.6) is 0 Å². The summed E-state index contributed by atoms with van der Waals surface area (Å²) >= 11 is 0. The summed E-state index contributed by atoms with van der Waals surface area (Å²) in [4.78, 5) is 14.8. The zero-order chi connectivity index (χ0) is 19.4. The number of carbonyl (C=O) groups excluding carboxylic acids is 1. The van der Waals surface area contributed by atoms with Crippen LogP contribution in [0.3, 0.4) is 0 Å². The van der Waals surface area contributed by atoms with Crippen LogP contribution in [0, 0.1) is 0 Å². The molecule has 0 aliphatic carbocycles. The van der Waals surface area contributed by atoms with Crippen molar-refractivity contribution in [1.29, 1.82) is 0 Å². The number of carbonyl (C=O) groups is 1. The number of hydrogen-bond acceptors (Lipinski definition) is 3. The van der Waals surface area contributed by atoms with Crippen molar-refractivity contribution in [2.45, 2.75) is 38.1 Å². The second-order valence-electron chi connectivity index (χ2n) is 6.72. The van der Waals surface area contributed by atoms with E-state index in [1.54, 1.807) is 0 Å². The fourth-order valence-electron chi connectivity index (χ4n) is 3.40. The molecular formula is C20H22F3N3O. The van der Waals surface area contributed by atoms with Gasteiger partial charge in [0.15, 0.2) is 0 Å². The van der Waals surface area contributed by atoms with Crippen molar-refractivity contribution in [3.05, 3.63) is 65.2 Å². The molecule has 2 aromatic carbocycles. The molecule has 1 heterocycles. The minimum atomic E-state index is -4.49. The maximum Gasteiger partial charge on any atom is 0.416 e. The minimum absolute atomic E-state index is 0.0314. The molecule has 1 aliphatic rings. The Hall–Kier alpha value is -2.38. The number of hydrogen-bond donors (Lipinski definition) is 2. The lowest BCUT2D eigenvalue weighted by Crippen LogP contribution is -2.39. The third-order valence-corrected chi connectivity index (χ3v) is 4.72. The van der Waals surface area contributed by atoms with Crippen LogP contribution in [-0.4, -0.2) is 23.4 Å². The predicted molar refractivity (Wildman–Crippen MR) is 97.8 cm³/mol. The van der Waals surface area contributed by atoms with Gasteiger partial charge in [-0.2, -0.15) is 13.2 Å². The van der Waals surface area contributed by atoms with E-state index in [0.29, 0.717) is 18.5 Å². The Labute approximate surface area is 156 Å². The maximum absolute atomic E-state index is 13.1. The lowest BCUT2D eigenvalue weighted by molar-refractivity contribution is -0.137. The molecule has 144 valence electrons. The minimum Gasteiger partial charge on any atom is -0.326 e. The third-order valence-electron chi connectivity index (χ3n) is 4.72. The van der Waals surface area contributed by atoms with Gasteiger partial charge in [0.25, 0.3) is 0 Å². The van der Waals surface area contributed by atoms with Gasteiger partial charge < -0.3 is 11.1 Å². The number of alkyl halides is 3. The molecule has 27 heavy (non-hydrogen) atoms. The van der Waals surface area contributed by atoms with E-state index in [2.05, 4.69) is 10.2 Å². The van der Waals surface area contributed by atoms with Gasteiger partial charge in [-0.15, -0.1) is 0 Å². The number of rotatable bonds is 5. The quantitative estimate of drug-likeness (QED) is 0.834. The van der Waals surface area contributed by atoms with Crippen LogP contribution >= 0.6 is 0 Å². The van der Waals surface area contributed by atoms with Crippen molar-refractivity contribution in [2.24, 2.45) is 5.73 Å². The monoisotopic (exact) mass is 377 g/mol. The van der Waals surface area contributed by atoms with Crippen LogP contribution < -0.4 is 11.1 Å². The Morgan fingerprint density at radius 2 is 1.89 bits per heavy atom. The van der Waals surface area contributed by atoms with Crippen LogP contribution in [-0.2, 0) is 24.1 Å². The van der Waals surface area contributed by atoms with E-state index in [1.807, 2.05) is 30.3 Å². The first-order valence-electron chi connectivity index (χ1n) is 8.87. The molecule has 7 heteroatoms. The van der Waals surface area contributed by atoms with Crippen molar-refractivity contribution >= 4 is 11.6 Å². The summed E-state index contributed by atoms with van der Waals surface area (Å²) in [5, 5.41) is 2.65. The number of nitrogens with two attached hydrogens (primary N) is 1. The fraction of sp³-hybridized carbons (Fsp3) is 0.350. The Morgan fingerprint density at radius 3 is 2.56 bits per heavy atom. The average molecular weight is 377 g/mol. The van der Waals surface area contributed by atoms with Gasteiger partial charge in [-0.1, -0.05) is 30.3 Å². The van der Waals surface area contributed by atoms with Crippen LogP contribution in [0.2, 0.25) is 0 Å². The lowest BCUT2D eigenvalue weighted by atomic mass is 10.1. The number of nitrogens with one attached hydrogen (secondary N) is 1. The van der Waals surface area contributed by atoms with E-state index < -0.39 is 11.7 Å². The molecule has 0 saturated carbocycles. The van der Waals surface area contributed by atoms with Gasteiger partial charge in [0.05, 0.1) is 11.6 Å². The summed E-state index contributed by atoms with van der Waals surface area (Å²) in [6.45, 7) is 1.38. The van der Waals surface area contributed by atoms with Crippen LogP contribution in [0.25, 0.3) is 0 Å². The number of halogens is 3. The maximum atomic E-state index is 13.1. The van der Waals surface area contributed by atoms with E-state index in [4.69, 9.17) is 5.73 Å². The molecule has 1 amide bonds. The summed E-state index contributed by atoms with van der Waals surface area (Å²) in [5.41, 5.74) is 6.24. The second kappa shape index (κ2) is 8.10. The molecule has 0 radical (unpaired) electrons. The number of nitrogens with zero attached hydrogens (tertiary/aromatic N) is 1. The van der Waals surface area contributed by atoms with Crippen LogP contribution in [0.4, 0.5) is 18.9 Å². The summed E-state index contributed by atoms with van der Waals surface area (Å²) in [7, 11) is 0. The fourth-order valence-corrected chi connectivity index (χ4v) is 3.40. The molecule has 2 aromatic rings. The molecule has 1 unspecified atom stereocenters. The van der Waals surface area contributed by atoms with Crippen LogP contribution in [0.1, 0.15) is 29.5 Å². The van der Waals surface area contributed by atoms with Gasteiger partial charge in [0.2, 0.25) is 5.91 Å². The molecule has 0 aromatic heterocycles. The van der Waals surface area contributed by atoms with Crippen molar-refractivity contribution in [1.82, 2.24) is 4.90 Å². The highest BCUT2D eigenvalue weighted by Crippen LogP contribution is 2.32. The van der Waals surface area contributed by atoms with Gasteiger partial charge in [-0.3, -0.25) is 9.69 Å². The van der Waals surface area contributed by atoms with Crippen molar-refractivity contribution in [2.75, 3.05) is 11.9 Å². The molecule has 3 N–H and O–H groups in total. The Bertz CT molecular complexity index is 793. The largest absolute Gasteiger partial charge is 0.416 e. The number of amides is 1. The van der Waals surface area contributed by atoms with Gasteiger partial charge >= 0.3 is 6.18 Å². The van der Waals surface area contributed by atoms with Gasteiger partial charge in [-0.05, 0) is 48.7 Å². The molecule has 1 fully saturated rings. The Balaban J connectivity index is 1.74. The molecule has 0 bridgehead atoms. The lowest BCUT2D eigenvalue weighted by Gasteiger charge is -2.24. The topological polar surface area (TPSA) is 58.4 Å². The normalized spacial score (nSPS) is 17.9. The predicted octanol–water partition coefficient (Wildman–Crippen LogP) is 3.77. The zero-order valence-corrected chi connectivity index (χ0v) is 14.8. The molecule has 4 nitrogen and oxygen atoms in total. The third kappa shape index (κ3) is 4.87. The highest BCUT2D eigenvalue weighted by molar-refractivity contribution is 5.95. The van der Waals surface area contributed by atoms with Crippen molar-refractivity contribution in [3.8, 4) is 0 Å². The molecule has 0 spiro atoms. The SMILES string of the molecule is NCc1cc(NC(=O)C2CCCN2Cc2ccccc2)cc(C(F)(F)F)c1. The number of benzene rings is 2. The van der Waals surface area contributed by atoms with Gasteiger partial charge in [0, 0.05) is 18.8 Å². The number of anilines is 1. The van der Waals surface area contributed by atoms with E-state index in [-0.39, 0.29) is 24.2 Å². The Kier molecular flexibility index (Phi) is 5.82. The summed E-state index contributed by atoms with van der Waals surface area (Å²) < 4.78 is 39.2. The highest BCUT2D eigenvalue weighted by Gasteiger charge is 2.33. The highest BCUT2D eigenvalue weighted by atomic mass is 19.4. The van der Waals surface area contributed by atoms with Gasteiger partial charge in [-0.25, -0.2) is 0 Å². The van der Waals surface area contributed by atoms with E-state index in [1.165, 1.54) is 6.07 Å². The molecule has 1 atom stereocenters. The second-order valence-corrected chi connectivity index (χ2v) is 6.72. The molecule has 1 saturated heterocycles. The summed E-state index contributed by atoms with van der Waals surface area (Å²) in [5.74, 6) is -0.286. The summed E-state index contributed by atoms with van der Waals surface area (Å²) in [6.07, 6.45) is -2.93. The smallest absolute Gasteiger partial charge is 0.326 e. The standard InChI is InChI=1S/C20H22F3N3O/c21-20(22,23)16-9-15(12-24)10-17(11-16)25-19(27)18-7-4-8-26(18)13-14-5-2-1-3-6-14/h1-3,5-6,9-11,18H,4,7-8,12-13,24H2,(H,25,27). The molecule has 3 rings (SSSR count).